The number of nitro groups is 1. The van der Waals surface area contributed by atoms with Gasteiger partial charge in [0, 0.05) is 25.8 Å². The fraction of sp³-hybridized carbons (Fsp3) is 0.286. The zero-order chi connectivity index (χ0) is 16.4. The SMILES string of the molecule is CO[NH2+]/C=C\C=C/CN=Nc1ccc(N(C)C)cc1[N+](=O)[O-]. The Balaban J connectivity index is 2.72. The smallest absolute Gasteiger partial charge is 0.298 e. The Bertz CT molecular complexity index is 582. The van der Waals surface area contributed by atoms with Gasteiger partial charge in [-0.15, -0.1) is 5.11 Å². The van der Waals surface area contributed by atoms with E-state index in [0.29, 0.717) is 6.54 Å². The number of nitro benzene ring substituents is 1. The van der Waals surface area contributed by atoms with Gasteiger partial charge in [-0.2, -0.15) is 10.6 Å². The van der Waals surface area contributed by atoms with Crippen molar-refractivity contribution in [3.05, 3.63) is 52.7 Å². The summed E-state index contributed by atoms with van der Waals surface area (Å²) in [5.41, 5.74) is 2.47. The molecule has 0 aliphatic heterocycles. The average molecular weight is 306 g/mol. The Labute approximate surface area is 128 Å². The third-order valence-electron chi connectivity index (χ3n) is 2.61. The maximum absolute atomic E-state index is 11.1. The standard InChI is InChI=1S/C14H19N5O3/c1-18(2)12-7-8-13(14(11-12)19(20)21)17-15-9-5-4-6-10-16-22-3/h4-8,10-11,16H,9H2,1-3H3/p+1/b5-4-,10-6-,17-15?. The lowest BCUT2D eigenvalue weighted by Gasteiger charge is -2.11. The van der Waals surface area contributed by atoms with Crippen molar-refractivity contribution in [1.29, 1.82) is 0 Å². The van der Waals surface area contributed by atoms with Crippen molar-refractivity contribution in [2.24, 2.45) is 10.2 Å². The topological polar surface area (TPSA) is 96.9 Å². The summed E-state index contributed by atoms with van der Waals surface area (Å²) in [6.45, 7) is 0.337. The van der Waals surface area contributed by atoms with Crippen LogP contribution in [0.3, 0.4) is 0 Å². The minimum absolute atomic E-state index is 0.0616. The Morgan fingerprint density at radius 3 is 2.82 bits per heavy atom. The highest BCUT2D eigenvalue weighted by Crippen LogP contribution is 2.31. The third kappa shape index (κ3) is 5.81. The molecule has 1 aromatic carbocycles. The van der Waals surface area contributed by atoms with Crippen LogP contribution in [0.4, 0.5) is 17.1 Å². The fourth-order valence-electron chi connectivity index (χ4n) is 1.51. The van der Waals surface area contributed by atoms with Gasteiger partial charge in [-0.05, 0) is 18.2 Å². The molecule has 0 amide bonds. The quantitative estimate of drug-likeness (QED) is 0.343. The summed E-state index contributed by atoms with van der Waals surface area (Å²) >= 11 is 0. The van der Waals surface area contributed by atoms with E-state index in [-0.39, 0.29) is 11.4 Å². The van der Waals surface area contributed by atoms with Gasteiger partial charge in [0.15, 0.2) is 5.69 Å². The van der Waals surface area contributed by atoms with Crippen molar-refractivity contribution in [2.45, 2.75) is 0 Å². The van der Waals surface area contributed by atoms with Crippen molar-refractivity contribution in [2.75, 3.05) is 32.6 Å². The van der Waals surface area contributed by atoms with Gasteiger partial charge >= 0.3 is 0 Å². The van der Waals surface area contributed by atoms with E-state index >= 15 is 0 Å². The number of azo groups is 1. The van der Waals surface area contributed by atoms with Crippen molar-refractivity contribution in [3.8, 4) is 0 Å². The van der Waals surface area contributed by atoms with Gasteiger partial charge in [0.05, 0.1) is 18.6 Å². The summed E-state index contributed by atoms with van der Waals surface area (Å²) in [5.74, 6) is 0. The molecule has 0 atom stereocenters. The summed E-state index contributed by atoms with van der Waals surface area (Å²) < 4.78 is 0. The summed E-state index contributed by atoms with van der Waals surface area (Å²) in [6.07, 6.45) is 7.09. The maximum atomic E-state index is 11.1. The Kier molecular flexibility index (Phi) is 7.44. The number of quaternary nitrogens is 1. The number of hydroxylamine groups is 1. The lowest BCUT2D eigenvalue weighted by Crippen LogP contribution is -2.75. The molecule has 0 aliphatic carbocycles. The number of nitrogens with zero attached hydrogens (tertiary/aromatic N) is 4. The second kappa shape index (κ2) is 9.37. The lowest BCUT2D eigenvalue weighted by atomic mass is 10.2. The molecule has 0 saturated carbocycles. The molecular weight excluding hydrogens is 286 g/mol. The van der Waals surface area contributed by atoms with E-state index in [2.05, 4.69) is 10.2 Å². The first-order chi connectivity index (χ1) is 10.6. The molecule has 0 fully saturated rings. The van der Waals surface area contributed by atoms with Crippen LogP contribution in [0.5, 0.6) is 0 Å². The molecule has 1 aromatic rings. The third-order valence-corrected chi connectivity index (χ3v) is 2.61. The molecule has 22 heavy (non-hydrogen) atoms. The Hall–Kier alpha value is -2.58. The van der Waals surface area contributed by atoms with Gasteiger partial charge in [0.1, 0.15) is 6.20 Å². The molecule has 1 rings (SSSR count). The average Bonchev–Trinajstić information content (AvgIpc) is 2.49. The molecule has 0 radical (unpaired) electrons. The van der Waals surface area contributed by atoms with Gasteiger partial charge in [0.25, 0.3) is 5.69 Å². The molecular formula is C14H20N5O3+. The summed E-state index contributed by atoms with van der Waals surface area (Å²) in [4.78, 5) is 17.1. The minimum Gasteiger partial charge on any atom is -0.377 e. The van der Waals surface area contributed by atoms with Gasteiger partial charge < -0.3 is 4.90 Å². The maximum Gasteiger partial charge on any atom is 0.298 e. The Morgan fingerprint density at radius 1 is 1.41 bits per heavy atom. The fourth-order valence-corrected chi connectivity index (χ4v) is 1.51. The van der Waals surface area contributed by atoms with E-state index in [1.165, 1.54) is 6.07 Å². The van der Waals surface area contributed by atoms with Crippen LogP contribution in [-0.2, 0) is 4.84 Å². The number of benzene rings is 1. The molecule has 0 spiro atoms. The molecule has 0 bridgehead atoms. The van der Waals surface area contributed by atoms with Gasteiger partial charge in [-0.3, -0.25) is 10.1 Å². The van der Waals surface area contributed by atoms with E-state index in [4.69, 9.17) is 4.84 Å². The van der Waals surface area contributed by atoms with E-state index < -0.39 is 4.92 Å². The summed E-state index contributed by atoms with van der Waals surface area (Å²) in [7, 11) is 5.20. The highest BCUT2D eigenvalue weighted by molar-refractivity contribution is 5.65. The largest absolute Gasteiger partial charge is 0.377 e. The second-order valence-electron chi connectivity index (χ2n) is 4.43. The van der Waals surface area contributed by atoms with E-state index in [1.54, 1.807) is 54.1 Å². The van der Waals surface area contributed by atoms with Crippen LogP contribution >= 0.6 is 0 Å². The monoisotopic (exact) mass is 306 g/mol. The van der Waals surface area contributed by atoms with Crippen LogP contribution in [0.25, 0.3) is 0 Å². The number of hydrogen-bond donors (Lipinski definition) is 1. The zero-order valence-corrected chi connectivity index (χ0v) is 12.8. The predicted molar refractivity (Wildman–Crippen MR) is 84.0 cm³/mol. The number of allylic oxidation sites excluding steroid dienone is 2. The van der Waals surface area contributed by atoms with Gasteiger partial charge in [-0.1, -0.05) is 12.2 Å². The van der Waals surface area contributed by atoms with Crippen molar-refractivity contribution in [1.82, 2.24) is 0 Å². The minimum atomic E-state index is -0.458. The first-order valence-electron chi connectivity index (χ1n) is 6.57. The molecule has 2 N–H and O–H groups in total. The van der Waals surface area contributed by atoms with Crippen LogP contribution in [0, 0.1) is 10.1 Å². The van der Waals surface area contributed by atoms with Crippen LogP contribution in [0.1, 0.15) is 0 Å². The van der Waals surface area contributed by atoms with E-state index in [9.17, 15) is 10.1 Å². The van der Waals surface area contributed by atoms with Crippen LogP contribution in [0.15, 0.2) is 52.9 Å². The molecule has 118 valence electrons. The van der Waals surface area contributed by atoms with E-state index in [1.807, 2.05) is 14.1 Å². The lowest BCUT2D eigenvalue weighted by molar-refractivity contribution is -0.842. The molecule has 8 heteroatoms. The van der Waals surface area contributed by atoms with E-state index in [0.717, 1.165) is 5.69 Å². The van der Waals surface area contributed by atoms with Crippen molar-refractivity contribution < 1.29 is 15.2 Å². The number of rotatable bonds is 8. The first kappa shape index (κ1) is 17.5. The highest BCUT2D eigenvalue weighted by Gasteiger charge is 2.14. The first-order valence-corrected chi connectivity index (χ1v) is 6.57. The summed E-state index contributed by atoms with van der Waals surface area (Å²) in [5, 5.41) is 18.9. The molecule has 0 saturated heterocycles. The second-order valence-corrected chi connectivity index (χ2v) is 4.43. The molecule has 0 heterocycles. The zero-order valence-electron chi connectivity index (χ0n) is 12.8. The van der Waals surface area contributed by atoms with Crippen LogP contribution < -0.4 is 10.4 Å². The van der Waals surface area contributed by atoms with Crippen molar-refractivity contribution in [3.63, 3.8) is 0 Å². The van der Waals surface area contributed by atoms with Crippen LogP contribution in [-0.4, -0.2) is 32.7 Å². The molecule has 0 unspecified atom stereocenters. The highest BCUT2D eigenvalue weighted by atomic mass is 16.6. The summed E-state index contributed by atoms with van der Waals surface area (Å²) in [6, 6.07) is 4.84. The van der Waals surface area contributed by atoms with Crippen molar-refractivity contribution >= 4 is 17.1 Å². The number of nitrogens with two attached hydrogens (primary N) is 1. The van der Waals surface area contributed by atoms with Gasteiger partial charge in [-0.25, -0.2) is 4.84 Å². The number of hydrogen-bond acceptors (Lipinski definition) is 6. The molecule has 0 aliphatic rings. The molecule has 8 nitrogen and oxygen atoms in total. The predicted octanol–water partition coefficient (Wildman–Crippen LogP) is 1.94. The number of anilines is 1. The van der Waals surface area contributed by atoms with Gasteiger partial charge in [0.2, 0.25) is 0 Å². The molecule has 0 aromatic heterocycles. The van der Waals surface area contributed by atoms with Crippen LogP contribution in [0.2, 0.25) is 0 Å². The Morgan fingerprint density at radius 2 is 2.18 bits per heavy atom. The normalized spacial score (nSPS) is 11.8.